The molecule has 0 bridgehead atoms. The predicted molar refractivity (Wildman–Crippen MR) is 95.6 cm³/mol. The van der Waals surface area contributed by atoms with Crippen LogP contribution in [0, 0.1) is 0 Å². The van der Waals surface area contributed by atoms with Crippen LogP contribution in [-0.4, -0.2) is 29.7 Å². The molecule has 2 heterocycles. The number of carbonyl (C=O) groups is 2. The number of furan rings is 1. The molecule has 26 heavy (non-hydrogen) atoms. The molecule has 0 saturated heterocycles. The van der Waals surface area contributed by atoms with E-state index in [4.69, 9.17) is 20.9 Å². The average Bonchev–Trinajstić information content (AvgIpc) is 3.32. The predicted octanol–water partition coefficient (Wildman–Crippen LogP) is 2.25. The van der Waals surface area contributed by atoms with Crippen LogP contribution in [0.25, 0.3) is 0 Å². The van der Waals surface area contributed by atoms with Crippen molar-refractivity contribution in [1.82, 2.24) is 10.6 Å². The van der Waals surface area contributed by atoms with E-state index in [-0.39, 0.29) is 12.5 Å². The zero-order valence-corrected chi connectivity index (χ0v) is 14.8. The summed E-state index contributed by atoms with van der Waals surface area (Å²) in [4.78, 5) is 29.6. The lowest BCUT2D eigenvalue weighted by Gasteiger charge is -2.15. The van der Waals surface area contributed by atoms with Gasteiger partial charge < -0.3 is 19.9 Å². The molecule has 136 valence electrons. The van der Waals surface area contributed by atoms with E-state index >= 15 is 0 Å². The highest BCUT2D eigenvalue weighted by atomic mass is 35.5. The monoisotopic (exact) mass is 375 g/mol. The summed E-state index contributed by atoms with van der Waals surface area (Å²) >= 11 is 5.86. The first-order valence-corrected chi connectivity index (χ1v) is 8.50. The maximum absolute atomic E-state index is 12.3. The summed E-state index contributed by atoms with van der Waals surface area (Å²) in [5, 5.41) is 9.91. The van der Waals surface area contributed by atoms with Crippen molar-refractivity contribution < 1.29 is 18.8 Å². The number of benzene rings is 1. The Labute approximate surface area is 155 Å². The van der Waals surface area contributed by atoms with Gasteiger partial charge in [-0.1, -0.05) is 28.9 Å². The molecule has 1 aliphatic rings. The van der Waals surface area contributed by atoms with Crippen molar-refractivity contribution in [1.29, 1.82) is 0 Å². The minimum Gasteiger partial charge on any atom is -0.467 e. The van der Waals surface area contributed by atoms with Gasteiger partial charge in [-0.05, 0) is 36.8 Å². The summed E-state index contributed by atoms with van der Waals surface area (Å²) < 4.78 is 5.14. The van der Waals surface area contributed by atoms with Crippen LogP contribution in [0.1, 0.15) is 24.7 Å². The van der Waals surface area contributed by atoms with Gasteiger partial charge in [-0.2, -0.15) is 0 Å². The van der Waals surface area contributed by atoms with E-state index in [1.165, 1.54) is 6.26 Å². The lowest BCUT2D eigenvalue weighted by molar-refractivity contribution is -0.135. The zero-order chi connectivity index (χ0) is 18.5. The van der Waals surface area contributed by atoms with Gasteiger partial charge in [-0.25, -0.2) is 0 Å². The summed E-state index contributed by atoms with van der Waals surface area (Å²) in [6, 6.07) is 9.91. The standard InChI is InChI=1S/C18H18ClN3O4/c1-11(17(23)20-10-14-3-2-8-25-14)21-18(24)16-9-15(22-26-16)12-4-6-13(19)7-5-12/h2-8,11,16H,9-10H2,1H3,(H,20,23)(H,21,24)/t11-,16+/m1/s1. The SMILES string of the molecule is C[C@@H](NC(=O)[C@@H]1CC(c2ccc(Cl)cc2)=NO1)C(=O)NCc1ccco1. The Morgan fingerprint density at radius 1 is 1.31 bits per heavy atom. The molecular weight excluding hydrogens is 358 g/mol. The molecule has 0 spiro atoms. The number of nitrogens with one attached hydrogen (secondary N) is 2. The van der Waals surface area contributed by atoms with E-state index in [2.05, 4.69) is 15.8 Å². The number of oxime groups is 1. The minimum atomic E-state index is -0.763. The van der Waals surface area contributed by atoms with Gasteiger partial charge in [0.15, 0.2) is 0 Å². The number of amides is 2. The van der Waals surface area contributed by atoms with Gasteiger partial charge >= 0.3 is 0 Å². The molecule has 2 atom stereocenters. The second-order valence-electron chi connectivity index (χ2n) is 5.87. The Morgan fingerprint density at radius 2 is 2.08 bits per heavy atom. The third kappa shape index (κ3) is 4.43. The molecule has 2 amide bonds. The molecule has 1 aromatic carbocycles. The summed E-state index contributed by atoms with van der Waals surface area (Å²) in [7, 11) is 0. The van der Waals surface area contributed by atoms with E-state index in [1.807, 2.05) is 12.1 Å². The van der Waals surface area contributed by atoms with Crippen LogP contribution < -0.4 is 10.6 Å². The summed E-state index contributed by atoms with van der Waals surface area (Å²) in [5.74, 6) is -0.0676. The maximum Gasteiger partial charge on any atom is 0.264 e. The number of hydrogen-bond acceptors (Lipinski definition) is 5. The Hall–Kier alpha value is -2.80. The first-order valence-electron chi connectivity index (χ1n) is 8.12. The lowest BCUT2D eigenvalue weighted by atomic mass is 10.0. The van der Waals surface area contributed by atoms with Crippen LogP contribution in [0.2, 0.25) is 5.02 Å². The Morgan fingerprint density at radius 3 is 2.77 bits per heavy atom. The number of halogens is 1. The Balaban J connectivity index is 1.47. The highest BCUT2D eigenvalue weighted by Gasteiger charge is 2.30. The van der Waals surface area contributed by atoms with E-state index in [0.29, 0.717) is 22.9 Å². The van der Waals surface area contributed by atoms with E-state index in [9.17, 15) is 9.59 Å². The van der Waals surface area contributed by atoms with Crippen LogP contribution in [0.5, 0.6) is 0 Å². The normalized spacial score (nSPS) is 17.2. The fourth-order valence-corrected chi connectivity index (χ4v) is 2.57. The molecule has 2 N–H and O–H groups in total. The molecule has 7 nitrogen and oxygen atoms in total. The molecule has 3 rings (SSSR count). The maximum atomic E-state index is 12.3. The smallest absolute Gasteiger partial charge is 0.264 e. The molecule has 2 aromatic rings. The van der Waals surface area contributed by atoms with Crippen LogP contribution in [-0.2, 0) is 21.0 Å². The van der Waals surface area contributed by atoms with Crippen LogP contribution in [0.3, 0.4) is 0 Å². The van der Waals surface area contributed by atoms with Crippen molar-refractivity contribution in [3.05, 3.63) is 59.0 Å². The number of nitrogens with zero attached hydrogens (tertiary/aromatic N) is 1. The van der Waals surface area contributed by atoms with Gasteiger partial charge in [0.2, 0.25) is 12.0 Å². The van der Waals surface area contributed by atoms with Crippen molar-refractivity contribution in [2.75, 3.05) is 0 Å². The summed E-state index contributed by atoms with van der Waals surface area (Å²) in [6.45, 7) is 1.86. The van der Waals surface area contributed by atoms with E-state index in [0.717, 1.165) is 5.56 Å². The molecular formula is C18H18ClN3O4. The topological polar surface area (TPSA) is 92.9 Å². The van der Waals surface area contributed by atoms with Gasteiger partial charge in [0.05, 0.1) is 18.5 Å². The molecule has 0 saturated carbocycles. The molecule has 8 heteroatoms. The highest BCUT2D eigenvalue weighted by molar-refractivity contribution is 6.30. The number of carbonyl (C=O) groups excluding carboxylic acids is 2. The largest absolute Gasteiger partial charge is 0.467 e. The fraction of sp³-hybridized carbons (Fsp3) is 0.278. The van der Waals surface area contributed by atoms with Crippen molar-refractivity contribution in [2.45, 2.75) is 32.0 Å². The summed E-state index contributed by atoms with van der Waals surface area (Å²) in [6.07, 6.45) is 1.09. The average molecular weight is 376 g/mol. The van der Waals surface area contributed by atoms with Gasteiger partial charge in [0.1, 0.15) is 11.8 Å². The van der Waals surface area contributed by atoms with E-state index < -0.39 is 18.1 Å². The lowest BCUT2D eigenvalue weighted by Crippen LogP contribution is -2.47. The quantitative estimate of drug-likeness (QED) is 0.809. The van der Waals surface area contributed by atoms with Gasteiger partial charge in [-0.15, -0.1) is 0 Å². The van der Waals surface area contributed by atoms with Crippen LogP contribution in [0.15, 0.2) is 52.2 Å². The fourth-order valence-electron chi connectivity index (χ4n) is 2.44. The van der Waals surface area contributed by atoms with Crippen molar-refractivity contribution >= 4 is 29.1 Å². The molecule has 0 aliphatic carbocycles. The molecule has 1 aliphatic heterocycles. The van der Waals surface area contributed by atoms with Gasteiger partial charge in [0, 0.05) is 11.4 Å². The first-order chi connectivity index (χ1) is 12.5. The molecule has 0 fully saturated rings. The molecule has 1 aromatic heterocycles. The van der Waals surface area contributed by atoms with Gasteiger partial charge in [0.25, 0.3) is 5.91 Å². The van der Waals surface area contributed by atoms with Crippen molar-refractivity contribution in [2.24, 2.45) is 5.16 Å². The third-order valence-electron chi connectivity index (χ3n) is 3.91. The Kier molecular flexibility index (Phi) is 5.58. The van der Waals surface area contributed by atoms with Crippen molar-refractivity contribution in [3.8, 4) is 0 Å². The van der Waals surface area contributed by atoms with Gasteiger partial charge in [-0.3, -0.25) is 9.59 Å². The third-order valence-corrected chi connectivity index (χ3v) is 4.16. The van der Waals surface area contributed by atoms with Crippen molar-refractivity contribution in [3.63, 3.8) is 0 Å². The molecule has 0 radical (unpaired) electrons. The second-order valence-corrected chi connectivity index (χ2v) is 6.31. The van der Waals surface area contributed by atoms with Crippen LogP contribution in [0.4, 0.5) is 0 Å². The Bertz CT molecular complexity index is 802. The number of hydrogen-bond donors (Lipinski definition) is 2. The van der Waals surface area contributed by atoms with E-state index in [1.54, 1.807) is 31.2 Å². The molecule has 0 unspecified atom stereocenters. The second kappa shape index (κ2) is 8.05. The first kappa shape index (κ1) is 18.0. The summed E-state index contributed by atoms with van der Waals surface area (Å²) in [5.41, 5.74) is 1.51. The minimum absolute atomic E-state index is 0.260. The van der Waals surface area contributed by atoms with Crippen LogP contribution >= 0.6 is 11.6 Å². The zero-order valence-electron chi connectivity index (χ0n) is 14.1. The number of rotatable bonds is 6. The highest BCUT2D eigenvalue weighted by Crippen LogP contribution is 2.18.